The summed E-state index contributed by atoms with van der Waals surface area (Å²) in [4.78, 5) is 27.6. The first-order valence-corrected chi connectivity index (χ1v) is 14.7. The van der Waals surface area contributed by atoms with Crippen LogP contribution in [0.1, 0.15) is 106 Å². The molecule has 0 spiro atoms. The van der Waals surface area contributed by atoms with E-state index in [1.165, 1.54) is 5.57 Å². The second kappa shape index (κ2) is 8.20. The largest absolute Gasteiger partial charge is 0.393 e. The summed E-state index contributed by atoms with van der Waals surface area (Å²) in [6, 6.07) is 0. The van der Waals surface area contributed by atoms with Gasteiger partial charge in [-0.05, 0) is 103 Å². The third kappa shape index (κ3) is 3.44. The fourth-order valence-corrected chi connectivity index (χ4v) is 10.7. The lowest BCUT2D eigenvalue weighted by Gasteiger charge is -2.70. The molecule has 9 atom stereocenters. The van der Waals surface area contributed by atoms with Crippen LogP contribution in [0.5, 0.6) is 0 Å². The number of ketones is 1. The number of hydrogen-bond acceptors (Lipinski definition) is 3. The van der Waals surface area contributed by atoms with Crippen molar-refractivity contribution < 1.29 is 14.7 Å². The molecule has 204 valence electrons. The van der Waals surface area contributed by atoms with E-state index >= 15 is 0 Å². The molecule has 0 aromatic rings. The van der Waals surface area contributed by atoms with Crippen LogP contribution in [0.4, 0.5) is 0 Å². The van der Waals surface area contributed by atoms with Crippen molar-refractivity contribution in [2.75, 3.05) is 6.54 Å². The van der Waals surface area contributed by atoms with Gasteiger partial charge in [-0.15, -0.1) is 6.42 Å². The molecule has 4 heteroatoms. The number of allylic oxidation sites excluding steroid dienone is 2. The highest BCUT2D eigenvalue weighted by atomic mass is 16.3. The summed E-state index contributed by atoms with van der Waals surface area (Å²) in [7, 11) is 0. The predicted octanol–water partition coefficient (Wildman–Crippen LogP) is 6.08. The lowest BCUT2D eigenvalue weighted by atomic mass is 9.33. The van der Waals surface area contributed by atoms with Crippen LogP contribution in [0, 0.1) is 62.6 Å². The second-order valence-electron chi connectivity index (χ2n) is 15.5. The minimum absolute atomic E-state index is 0.0162. The molecule has 0 aromatic heterocycles. The zero-order valence-corrected chi connectivity index (χ0v) is 24.3. The predicted molar refractivity (Wildman–Crippen MR) is 147 cm³/mol. The fraction of sp³-hybridized carbons (Fsp3) is 0.818. The first-order valence-electron chi connectivity index (χ1n) is 14.7. The minimum Gasteiger partial charge on any atom is -0.393 e. The maximum Gasteiger partial charge on any atom is 0.226 e. The Morgan fingerprint density at radius 1 is 1.03 bits per heavy atom. The molecule has 37 heavy (non-hydrogen) atoms. The van der Waals surface area contributed by atoms with Crippen molar-refractivity contribution in [3.63, 3.8) is 0 Å². The van der Waals surface area contributed by atoms with E-state index in [1.54, 1.807) is 0 Å². The van der Waals surface area contributed by atoms with Crippen LogP contribution in [0.2, 0.25) is 0 Å². The Bertz CT molecular complexity index is 1080. The van der Waals surface area contributed by atoms with Gasteiger partial charge in [0.15, 0.2) is 5.78 Å². The number of fused-ring (bicyclic) bond motifs is 7. The molecule has 2 N–H and O–H groups in total. The highest BCUT2D eigenvalue weighted by Crippen LogP contribution is 2.75. The molecule has 5 aliphatic rings. The van der Waals surface area contributed by atoms with Gasteiger partial charge in [-0.25, -0.2) is 0 Å². The zero-order chi connectivity index (χ0) is 27.2. The van der Waals surface area contributed by atoms with Gasteiger partial charge >= 0.3 is 0 Å². The molecule has 0 heterocycles. The molecule has 5 rings (SSSR count). The number of terminal acetylenes is 1. The summed E-state index contributed by atoms with van der Waals surface area (Å²) in [6.07, 6.45) is 15.9. The molecule has 4 saturated carbocycles. The third-order valence-corrected chi connectivity index (χ3v) is 13.5. The van der Waals surface area contributed by atoms with Crippen LogP contribution in [0.3, 0.4) is 0 Å². The molecular formula is C33H49NO3. The van der Waals surface area contributed by atoms with E-state index in [0.29, 0.717) is 11.7 Å². The normalized spacial score (nSPS) is 50.4. The van der Waals surface area contributed by atoms with Crippen LogP contribution in [0.15, 0.2) is 11.6 Å². The molecule has 0 radical (unpaired) electrons. The number of aliphatic hydroxyl groups is 1. The van der Waals surface area contributed by atoms with Crippen molar-refractivity contribution in [1.82, 2.24) is 5.32 Å². The highest BCUT2D eigenvalue weighted by Gasteiger charge is 2.70. The summed E-state index contributed by atoms with van der Waals surface area (Å²) in [5.74, 6) is 3.47. The van der Waals surface area contributed by atoms with Crippen LogP contribution >= 0.6 is 0 Å². The average molecular weight is 508 g/mol. The van der Waals surface area contributed by atoms with E-state index in [2.05, 4.69) is 65.8 Å². The average Bonchev–Trinajstić information content (AvgIpc) is 2.82. The van der Waals surface area contributed by atoms with Gasteiger partial charge in [0, 0.05) is 11.3 Å². The molecule has 4 fully saturated rings. The number of rotatable bonds is 2. The zero-order valence-electron chi connectivity index (χ0n) is 24.3. The van der Waals surface area contributed by atoms with Crippen molar-refractivity contribution >= 4 is 11.7 Å². The third-order valence-electron chi connectivity index (χ3n) is 13.5. The number of carbonyl (C=O) groups is 2. The fourth-order valence-electron chi connectivity index (χ4n) is 10.7. The SMILES string of the molecule is C#CCNC(=O)[C@@]1(C)CC[C@]2(C)CC[C@]3(C)C(=CC(=O)[C@@H]4[C@@]5(C)CC[C@H](O)C(C)(C)[C@@H]5CC[C@]43C)[C@@H]2C1. The van der Waals surface area contributed by atoms with Gasteiger partial charge in [0.1, 0.15) is 0 Å². The smallest absolute Gasteiger partial charge is 0.226 e. The first-order chi connectivity index (χ1) is 17.1. The van der Waals surface area contributed by atoms with Gasteiger partial charge in [0.25, 0.3) is 0 Å². The van der Waals surface area contributed by atoms with Crippen molar-refractivity contribution in [2.45, 2.75) is 112 Å². The summed E-state index contributed by atoms with van der Waals surface area (Å²) in [6.45, 7) is 16.5. The van der Waals surface area contributed by atoms with Crippen LogP contribution in [0.25, 0.3) is 0 Å². The Balaban J connectivity index is 1.57. The van der Waals surface area contributed by atoms with Gasteiger partial charge in [-0.2, -0.15) is 0 Å². The molecule has 0 aliphatic heterocycles. The maximum absolute atomic E-state index is 14.4. The molecule has 1 amide bonds. The van der Waals surface area contributed by atoms with Gasteiger partial charge in [-0.3, -0.25) is 9.59 Å². The summed E-state index contributed by atoms with van der Waals surface area (Å²) in [5.41, 5.74) is 0.539. The van der Waals surface area contributed by atoms with E-state index in [9.17, 15) is 14.7 Å². The Kier molecular flexibility index (Phi) is 5.98. The topological polar surface area (TPSA) is 66.4 Å². The van der Waals surface area contributed by atoms with Gasteiger partial charge in [0.2, 0.25) is 5.91 Å². The summed E-state index contributed by atoms with van der Waals surface area (Å²) >= 11 is 0. The Morgan fingerprint density at radius 3 is 2.38 bits per heavy atom. The van der Waals surface area contributed by atoms with E-state index in [0.717, 1.165) is 57.8 Å². The lowest BCUT2D eigenvalue weighted by molar-refractivity contribution is -0.202. The highest BCUT2D eigenvalue weighted by molar-refractivity contribution is 5.95. The minimum atomic E-state index is -0.464. The van der Waals surface area contributed by atoms with Crippen molar-refractivity contribution in [3.05, 3.63) is 11.6 Å². The monoisotopic (exact) mass is 507 g/mol. The Morgan fingerprint density at radius 2 is 1.70 bits per heavy atom. The van der Waals surface area contributed by atoms with Gasteiger partial charge in [0.05, 0.1) is 12.6 Å². The standard InChI is InChI=1S/C33H49NO3/c1-9-18-34-27(37)30(5)15-14-29(4)16-17-32(7)21(22(29)20-30)19-23(35)26-31(6)12-11-25(36)28(2,3)24(31)10-13-33(26,32)8/h1,19,22,24-26,36H,10-18,20H2,2-8H3,(H,34,37)/t22-,24-,25-,26+,29+,30-,31-,32+,33+/m0/s1. The van der Waals surface area contributed by atoms with Crippen molar-refractivity contribution in [1.29, 1.82) is 0 Å². The molecular weight excluding hydrogens is 458 g/mol. The number of nitrogens with one attached hydrogen (secondary N) is 1. The quantitative estimate of drug-likeness (QED) is 0.445. The molecule has 0 aromatic carbocycles. The van der Waals surface area contributed by atoms with Crippen LogP contribution < -0.4 is 5.32 Å². The summed E-state index contributed by atoms with van der Waals surface area (Å²) < 4.78 is 0. The van der Waals surface area contributed by atoms with E-state index in [4.69, 9.17) is 6.42 Å². The first kappa shape index (κ1) is 27.0. The van der Waals surface area contributed by atoms with Gasteiger partial charge < -0.3 is 10.4 Å². The molecule has 5 aliphatic carbocycles. The number of amides is 1. The Hall–Kier alpha value is -1.60. The summed E-state index contributed by atoms with van der Waals surface area (Å²) in [5, 5.41) is 13.9. The van der Waals surface area contributed by atoms with Crippen molar-refractivity contribution in [3.8, 4) is 12.3 Å². The van der Waals surface area contributed by atoms with E-state index in [-0.39, 0.29) is 57.5 Å². The lowest BCUT2D eigenvalue weighted by Crippen LogP contribution is -2.66. The Labute approximate surface area is 224 Å². The van der Waals surface area contributed by atoms with Gasteiger partial charge in [-0.1, -0.05) is 60.0 Å². The van der Waals surface area contributed by atoms with E-state index in [1.807, 2.05) is 0 Å². The number of aliphatic hydroxyl groups excluding tert-OH is 1. The molecule has 0 unspecified atom stereocenters. The molecule has 0 bridgehead atoms. The number of hydrogen-bond donors (Lipinski definition) is 2. The molecule has 4 nitrogen and oxygen atoms in total. The van der Waals surface area contributed by atoms with Crippen LogP contribution in [-0.2, 0) is 9.59 Å². The van der Waals surface area contributed by atoms with Crippen LogP contribution in [-0.4, -0.2) is 29.4 Å². The molecule has 0 saturated heterocycles. The number of carbonyl (C=O) groups excluding carboxylic acids is 2. The van der Waals surface area contributed by atoms with E-state index < -0.39 is 5.41 Å². The maximum atomic E-state index is 14.4. The van der Waals surface area contributed by atoms with Crippen molar-refractivity contribution in [2.24, 2.45) is 50.2 Å². The second-order valence-corrected chi connectivity index (χ2v) is 15.5.